The van der Waals surface area contributed by atoms with E-state index in [9.17, 15) is 0 Å². The molecule has 0 spiro atoms. The van der Waals surface area contributed by atoms with E-state index in [0.717, 1.165) is 11.1 Å². The van der Waals surface area contributed by atoms with Crippen LogP contribution in [-0.4, -0.2) is 23.5 Å². The second-order valence-corrected chi connectivity index (χ2v) is 3.38. The van der Waals surface area contributed by atoms with E-state index >= 15 is 0 Å². The zero-order valence-corrected chi connectivity index (χ0v) is 8.78. The van der Waals surface area contributed by atoms with Crippen molar-refractivity contribution in [2.45, 2.75) is 13.8 Å². The monoisotopic (exact) mass is 192 g/mol. The minimum Gasteiger partial charge on any atom is -0.384 e. The highest BCUT2D eigenvalue weighted by atomic mass is 15.1. The molecule has 1 aromatic heterocycles. The number of aromatic nitrogens is 2. The predicted octanol–water partition coefficient (Wildman–Crippen LogP) is 1.73. The molecule has 0 radical (unpaired) electrons. The third-order valence-corrected chi connectivity index (χ3v) is 2.00. The molecule has 1 rings (SSSR count). The molecule has 0 saturated heterocycles. The summed E-state index contributed by atoms with van der Waals surface area (Å²) in [4.78, 5) is 3.92. The van der Waals surface area contributed by atoms with Gasteiger partial charge < -0.3 is 5.73 Å². The third kappa shape index (κ3) is 2.22. The van der Waals surface area contributed by atoms with Gasteiger partial charge in [-0.2, -0.15) is 5.10 Å². The van der Waals surface area contributed by atoms with Crippen LogP contribution in [0.3, 0.4) is 0 Å². The summed E-state index contributed by atoms with van der Waals surface area (Å²) in [7, 11) is 1.74. The highest BCUT2D eigenvalue weighted by Crippen LogP contribution is 2.25. The number of rotatable bonds is 3. The van der Waals surface area contributed by atoms with Gasteiger partial charge in [-0.1, -0.05) is 13.8 Å². The van der Waals surface area contributed by atoms with Crippen LogP contribution < -0.4 is 5.73 Å². The second-order valence-electron chi connectivity index (χ2n) is 3.38. The van der Waals surface area contributed by atoms with Gasteiger partial charge in [0.15, 0.2) is 0 Å². The molecule has 1 heterocycles. The Morgan fingerprint density at radius 2 is 2.36 bits per heavy atom. The Morgan fingerprint density at radius 3 is 2.79 bits per heavy atom. The van der Waals surface area contributed by atoms with E-state index in [0.29, 0.717) is 11.7 Å². The lowest BCUT2D eigenvalue weighted by atomic mass is 9.97. The van der Waals surface area contributed by atoms with Crippen LogP contribution in [-0.2, 0) is 0 Å². The van der Waals surface area contributed by atoms with Gasteiger partial charge in [-0.3, -0.25) is 10.1 Å². The Morgan fingerprint density at radius 1 is 1.64 bits per heavy atom. The maximum absolute atomic E-state index is 5.75. The van der Waals surface area contributed by atoms with Gasteiger partial charge in [0.05, 0.1) is 6.20 Å². The molecule has 0 unspecified atom stereocenters. The number of aliphatic imine (C=N–C) groups is 1. The highest BCUT2D eigenvalue weighted by Gasteiger charge is 2.10. The number of nitrogens with one attached hydrogen (secondary N) is 1. The fraction of sp³-hybridized carbons (Fsp3) is 0.400. The molecule has 0 aliphatic heterocycles. The van der Waals surface area contributed by atoms with Crippen LogP contribution in [0.1, 0.15) is 19.4 Å². The maximum Gasteiger partial charge on any atom is 0.126 e. The largest absolute Gasteiger partial charge is 0.384 e. The van der Waals surface area contributed by atoms with Crippen LogP contribution in [0.15, 0.2) is 17.3 Å². The van der Waals surface area contributed by atoms with Gasteiger partial charge in [0.1, 0.15) is 5.82 Å². The van der Waals surface area contributed by atoms with Gasteiger partial charge in [-0.15, -0.1) is 0 Å². The van der Waals surface area contributed by atoms with Crippen molar-refractivity contribution in [3.05, 3.63) is 17.8 Å². The Balaban J connectivity index is 3.07. The lowest BCUT2D eigenvalue weighted by Crippen LogP contribution is -1.97. The van der Waals surface area contributed by atoms with Crippen molar-refractivity contribution in [1.29, 1.82) is 0 Å². The summed E-state index contributed by atoms with van der Waals surface area (Å²) >= 11 is 0. The SMILES string of the molecule is C/N=C\C=C(\c1cn[nH]c1N)C(C)C. The molecule has 1 aromatic rings. The van der Waals surface area contributed by atoms with Crippen molar-refractivity contribution in [2.24, 2.45) is 10.9 Å². The zero-order valence-electron chi connectivity index (χ0n) is 8.78. The Hall–Kier alpha value is -1.58. The number of hydrogen-bond donors (Lipinski definition) is 2. The van der Waals surface area contributed by atoms with Crippen molar-refractivity contribution in [3.8, 4) is 0 Å². The first-order valence-electron chi connectivity index (χ1n) is 4.58. The van der Waals surface area contributed by atoms with Crippen molar-refractivity contribution >= 4 is 17.6 Å². The third-order valence-electron chi connectivity index (χ3n) is 2.00. The molecule has 0 atom stereocenters. The van der Waals surface area contributed by atoms with Gasteiger partial charge in [0.2, 0.25) is 0 Å². The van der Waals surface area contributed by atoms with Crippen LogP contribution in [0.25, 0.3) is 5.57 Å². The number of anilines is 1. The molecule has 4 nitrogen and oxygen atoms in total. The van der Waals surface area contributed by atoms with Gasteiger partial charge in [0, 0.05) is 18.8 Å². The van der Waals surface area contributed by atoms with Crippen molar-refractivity contribution < 1.29 is 0 Å². The highest BCUT2D eigenvalue weighted by molar-refractivity contribution is 5.87. The van der Waals surface area contributed by atoms with E-state index in [-0.39, 0.29) is 0 Å². The first-order valence-corrected chi connectivity index (χ1v) is 4.58. The molecule has 14 heavy (non-hydrogen) atoms. The average Bonchev–Trinajstić information content (AvgIpc) is 2.52. The number of hydrogen-bond acceptors (Lipinski definition) is 3. The first-order chi connectivity index (χ1) is 6.66. The fourth-order valence-electron chi connectivity index (χ4n) is 1.27. The number of nitrogen functional groups attached to an aromatic ring is 1. The van der Waals surface area contributed by atoms with Crippen LogP contribution in [0.5, 0.6) is 0 Å². The number of nitrogens with two attached hydrogens (primary N) is 1. The molecular formula is C10H16N4. The molecule has 76 valence electrons. The van der Waals surface area contributed by atoms with E-state index in [1.165, 1.54) is 0 Å². The molecule has 3 N–H and O–H groups in total. The quantitative estimate of drug-likeness (QED) is 0.716. The topological polar surface area (TPSA) is 67.1 Å². The average molecular weight is 192 g/mol. The summed E-state index contributed by atoms with van der Waals surface area (Å²) in [5, 5.41) is 6.62. The standard InChI is InChI=1S/C10H16N4/c1-7(2)8(4-5-12-3)9-6-13-14-10(9)11/h4-7H,1-3H3,(H3,11,13,14)/b8-4+,12-5-. The summed E-state index contributed by atoms with van der Waals surface area (Å²) < 4.78 is 0. The van der Waals surface area contributed by atoms with Crippen LogP contribution in [0.2, 0.25) is 0 Å². The van der Waals surface area contributed by atoms with E-state index in [4.69, 9.17) is 5.73 Å². The molecule has 0 saturated carbocycles. The predicted molar refractivity (Wildman–Crippen MR) is 60.2 cm³/mol. The van der Waals surface area contributed by atoms with Gasteiger partial charge >= 0.3 is 0 Å². The summed E-state index contributed by atoms with van der Waals surface area (Å²) in [5.41, 5.74) is 7.85. The number of nitrogens with zero attached hydrogens (tertiary/aromatic N) is 2. The van der Waals surface area contributed by atoms with Crippen molar-refractivity contribution in [2.75, 3.05) is 12.8 Å². The van der Waals surface area contributed by atoms with Gasteiger partial charge in [-0.05, 0) is 17.6 Å². The Labute approximate surface area is 83.9 Å². The second kappa shape index (κ2) is 4.60. The summed E-state index contributed by atoms with van der Waals surface area (Å²) in [6, 6.07) is 0. The molecule has 0 aliphatic rings. The Kier molecular flexibility index (Phi) is 3.45. The molecule has 0 aromatic carbocycles. The van der Waals surface area contributed by atoms with E-state index in [2.05, 4.69) is 29.0 Å². The molecule has 0 bridgehead atoms. The Bertz CT molecular complexity index is 347. The van der Waals surface area contributed by atoms with E-state index < -0.39 is 0 Å². The summed E-state index contributed by atoms with van der Waals surface area (Å²) in [6.45, 7) is 4.23. The van der Waals surface area contributed by atoms with Gasteiger partial charge in [-0.25, -0.2) is 0 Å². The minimum atomic E-state index is 0.396. The fourth-order valence-corrected chi connectivity index (χ4v) is 1.27. The normalized spacial score (nSPS) is 13.0. The number of aromatic amines is 1. The van der Waals surface area contributed by atoms with E-state index in [1.807, 2.05) is 6.08 Å². The summed E-state index contributed by atoms with van der Waals surface area (Å²) in [5.74, 6) is 1.00. The molecule has 0 fully saturated rings. The summed E-state index contributed by atoms with van der Waals surface area (Å²) in [6.07, 6.45) is 5.47. The lowest BCUT2D eigenvalue weighted by molar-refractivity contribution is 0.857. The van der Waals surface area contributed by atoms with Crippen LogP contribution in [0, 0.1) is 5.92 Å². The number of H-pyrrole nitrogens is 1. The molecule has 4 heteroatoms. The first kappa shape index (κ1) is 10.5. The van der Waals surface area contributed by atoms with Crippen molar-refractivity contribution in [3.63, 3.8) is 0 Å². The molecule has 0 amide bonds. The maximum atomic E-state index is 5.75. The van der Waals surface area contributed by atoms with Crippen LogP contribution in [0.4, 0.5) is 5.82 Å². The van der Waals surface area contributed by atoms with Crippen LogP contribution >= 0.6 is 0 Å². The van der Waals surface area contributed by atoms with Crippen molar-refractivity contribution in [1.82, 2.24) is 10.2 Å². The molecule has 0 aliphatic carbocycles. The lowest BCUT2D eigenvalue weighted by Gasteiger charge is -2.08. The minimum absolute atomic E-state index is 0.396. The molecular weight excluding hydrogens is 176 g/mol. The smallest absolute Gasteiger partial charge is 0.126 e. The zero-order chi connectivity index (χ0) is 10.6. The van der Waals surface area contributed by atoms with Gasteiger partial charge in [0.25, 0.3) is 0 Å². The number of allylic oxidation sites excluding steroid dienone is 2. The van der Waals surface area contributed by atoms with E-state index in [1.54, 1.807) is 19.5 Å².